The highest BCUT2D eigenvalue weighted by Crippen LogP contribution is 2.44. The Labute approximate surface area is 177 Å². The maximum absolute atomic E-state index is 14.5. The summed E-state index contributed by atoms with van der Waals surface area (Å²) in [7, 11) is 0. The van der Waals surface area contributed by atoms with E-state index in [0.29, 0.717) is 27.9 Å². The first kappa shape index (κ1) is 19.3. The molecule has 0 atom stereocenters. The van der Waals surface area contributed by atoms with E-state index in [0.717, 1.165) is 0 Å². The van der Waals surface area contributed by atoms with Gasteiger partial charge < -0.3 is 5.32 Å². The number of hydrogen-bond acceptors (Lipinski definition) is 4. The van der Waals surface area contributed by atoms with Crippen LogP contribution in [0, 0.1) is 17.7 Å². The first-order chi connectivity index (χ1) is 14.6. The number of amides is 1. The van der Waals surface area contributed by atoms with E-state index in [-0.39, 0.29) is 28.9 Å². The number of rotatable bonds is 7. The predicted molar refractivity (Wildman–Crippen MR) is 115 cm³/mol. The lowest BCUT2D eigenvalue weighted by atomic mass is 10.1. The van der Waals surface area contributed by atoms with Crippen LogP contribution in [0.4, 0.5) is 4.39 Å². The van der Waals surface area contributed by atoms with Crippen molar-refractivity contribution < 1.29 is 9.18 Å². The van der Waals surface area contributed by atoms with Crippen LogP contribution in [-0.2, 0) is 4.79 Å². The highest BCUT2D eigenvalue weighted by Gasteiger charge is 2.42. The van der Waals surface area contributed by atoms with Gasteiger partial charge in [0.05, 0.1) is 22.3 Å². The molecule has 0 aliphatic heterocycles. The minimum absolute atomic E-state index is 0.0636. The van der Waals surface area contributed by atoms with E-state index < -0.39 is 5.82 Å². The van der Waals surface area contributed by atoms with Gasteiger partial charge >= 0.3 is 0 Å². The summed E-state index contributed by atoms with van der Waals surface area (Å²) in [4.78, 5) is 30.4. The summed E-state index contributed by atoms with van der Waals surface area (Å²) in [5.41, 5.74) is 0.326. The number of para-hydroxylation sites is 2. The van der Waals surface area contributed by atoms with Crippen molar-refractivity contribution in [3.8, 4) is 5.69 Å². The molecule has 2 aliphatic carbocycles. The molecule has 154 valence electrons. The van der Waals surface area contributed by atoms with E-state index in [1.165, 1.54) is 48.1 Å². The van der Waals surface area contributed by atoms with Crippen molar-refractivity contribution in [3.63, 3.8) is 0 Å². The van der Waals surface area contributed by atoms with E-state index in [9.17, 15) is 14.0 Å². The number of aromatic nitrogens is 2. The Morgan fingerprint density at radius 2 is 1.77 bits per heavy atom. The number of hydrogen-bond donors (Lipinski definition) is 1. The molecule has 1 amide bonds. The summed E-state index contributed by atoms with van der Waals surface area (Å²) in [5.74, 6) is 0.787. The smallest absolute Gasteiger partial charge is 0.266 e. The molecule has 0 radical (unpaired) electrons. The lowest BCUT2D eigenvalue weighted by Gasteiger charge is -2.18. The Bertz CT molecular complexity index is 1160. The van der Waals surface area contributed by atoms with Gasteiger partial charge in [-0.25, -0.2) is 9.37 Å². The zero-order valence-corrected chi connectivity index (χ0v) is 17.2. The zero-order chi connectivity index (χ0) is 20.7. The molecule has 5 nitrogen and oxygen atoms in total. The van der Waals surface area contributed by atoms with Gasteiger partial charge in [0.15, 0.2) is 5.16 Å². The van der Waals surface area contributed by atoms with Crippen LogP contribution in [0.3, 0.4) is 0 Å². The number of carbonyl (C=O) groups excluding carboxylic acids is 1. The fourth-order valence-corrected chi connectivity index (χ4v) is 4.76. The summed E-state index contributed by atoms with van der Waals surface area (Å²) in [6.45, 7) is 0. The number of nitrogens with zero attached hydrogens (tertiary/aromatic N) is 2. The van der Waals surface area contributed by atoms with Gasteiger partial charge in [0.2, 0.25) is 5.91 Å². The van der Waals surface area contributed by atoms with Crippen molar-refractivity contribution >= 4 is 28.6 Å². The van der Waals surface area contributed by atoms with E-state index in [1.54, 1.807) is 42.5 Å². The molecule has 2 saturated carbocycles. The molecule has 1 aromatic heterocycles. The number of nitrogens with one attached hydrogen (secondary N) is 1. The lowest BCUT2D eigenvalue weighted by Crippen LogP contribution is -2.39. The third kappa shape index (κ3) is 3.86. The lowest BCUT2D eigenvalue weighted by molar-refractivity contribution is -0.119. The highest BCUT2D eigenvalue weighted by molar-refractivity contribution is 7.99. The highest BCUT2D eigenvalue weighted by atomic mass is 32.2. The third-order valence-electron chi connectivity index (χ3n) is 5.76. The van der Waals surface area contributed by atoms with Crippen LogP contribution in [0.15, 0.2) is 58.5 Å². The molecule has 2 fully saturated rings. The van der Waals surface area contributed by atoms with Crippen LogP contribution >= 0.6 is 11.8 Å². The SMILES string of the molecule is O=C(CSc1nc2ccccc2c(=O)n1-c1ccccc1F)NC(C1CC1)C1CC1. The molecule has 1 N–H and O–H groups in total. The minimum Gasteiger partial charge on any atom is -0.352 e. The fourth-order valence-electron chi connectivity index (χ4n) is 3.94. The Kier molecular flexibility index (Phi) is 5.06. The maximum Gasteiger partial charge on any atom is 0.266 e. The molecular formula is C23H22FN3O2S. The first-order valence-corrected chi connectivity index (χ1v) is 11.3. The molecule has 2 aromatic carbocycles. The molecule has 30 heavy (non-hydrogen) atoms. The molecule has 0 saturated heterocycles. The van der Waals surface area contributed by atoms with Crippen molar-refractivity contribution in [1.29, 1.82) is 0 Å². The van der Waals surface area contributed by atoms with E-state index in [1.807, 2.05) is 0 Å². The van der Waals surface area contributed by atoms with Gasteiger partial charge in [-0.15, -0.1) is 0 Å². The summed E-state index contributed by atoms with van der Waals surface area (Å²) in [6, 6.07) is 13.4. The Morgan fingerprint density at radius 3 is 2.47 bits per heavy atom. The van der Waals surface area contributed by atoms with Crippen molar-refractivity contribution in [2.24, 2.45) is 11.8 Å². The number of benzene rings is 2. The molecule has 7 heteroatoms. The van der Waals surface area contributed by atoms with E-state index in [2.05, 4.69) is 10.3 Å². The van der Waals surface area contributed by atoms with Gasteiger partial charge in [0, 0.05) is 6.04 Å². The minimum atomic E-state index is -0.509. The first-order valence-electron chi connectivity index (χ1n) is 10.3. The van der Waals surface area contributed by atoms with Crippen LogP contribution in [-0.4, -0.2) is 27.3 Å². The Morgan fingerprint density at radius 1 is 1.10 bits per heavy atom. The molecule has 1 heterocycles. The van der Waals surface area contributed by atoms with Gasteiger partial charge in [-0.2, -0.15) is 0 Å². The van der Waals surface area contributed by atoms with Gasteiger partial charge in [-0.3, -0.25) is 14.2 Å². The van der Waals surface area contributed by atoms with Crippen molar-refractivity contribution in [2.75, 3.05) is 5.75 Å². The zero-order valence-electron chi connectivity index (χ0n) is 16.4. The largest absolute Gasteiger partial charge is 0.352 e. The molecule has 0 spiro atoms. The number of thioether (sulfide) groups is 1. The second-order valence-corrected chi connectivity index (χ2v) is 9.00. The predicted octanol–water partition coefficient (Wildman–Crippen LogP) is 3.92. The molecule has 3 aromatic rings. The van der Waals surface area contributed by atoms with Gasteiger partial charge in [-0.1, -0.05) is 36.0 Å². The van der Waals surface area contributed by atoms with Crippen LogP contribution in [0.1, 0.15) is 25.7 Å². The fraction of sp³-hybridized carbons (Fsp3) is 0.348. The quantitative estimate of drug-likeness (QED) is 0.462. The van der Waals surface area contributed by atoms with Gasteiger partial charge in [0.1, 0.15) is 5.82 Å². The number of fused-ring (bicyclic) bond motifs is 1. The summed E-state index contributed by atoms with van der Waals surface area (Å²) in [6.07, 6.45) is 4.75. The maximum atomic E-state index is 14.5. The molecule has 0 bridgehead atoms. The van der Waals surface area contributed by atoms with Gasteiger partial charge in [-0.05, 0) is 61.8 Å². The topological polar surface area (TPSA) is 64.0 Å². The average Bonchev–Trinajstić information content (AvgIpc) is 3.65. The molecule has 5 rings (SSSR count). The Hall–Kier alpha value is -2.67. The monoisotopic (exact) mass is 423 g/mol. The van der Waals surface area contributed by atoms with Crippen LogP contribution in [0.2, 0.25) is 0 Å². The van der Waals surface area contributed by atoms with Crippen molar-refractivity contribution in [3.05, 3.63) is 64.7 Å². The summed E-state index contributed by atoms with van der Waals surface area (Å²) >= 11 is 1.17. The molecular weight excluding hydrogens is 401 g/mol. The number of halogens is 1. The Balaban J connectivity index is 1.45. The second-order valence-electron chi connectivity index (χ2n) is 8.06. The standard InChI is InChI=1S/C23H22FN3O2S/c24-17-6-2-4-8-19(17)27-22(29)16-5-1-3-7-18(16)25-23(27)30-13-20(28)26-21(14-9-10-14)15-11-12-15/h1-8,14-15,21H,9-13H2,(H,26,28). The number of carbonyl (C=O) groups is 1. The van der Waals surface area contributed by atoms with Crippen LogP contribution in [0.25, 0.3) is 16.6 Å². The van der Waals surface area contributed by atoms with Gasteiger partial charge in [0.25, 0.3) is 5.56 Å². The van der Waals surface area contributed by atoms with Crippen LogP contribution in [0.5, 0.6) is 0 Å². The average molecular weight is 424 g/mol. The van der Waals surface area contributed by atoms with Crippen molar-refractivity contribution in [1.82, 2.24) is 14.9 Å². The summed E-state index contributed by atoms with van der Waals surface area (Å²) in [5, 5.41) is 3.91. The van der Waals surface area contributed by atoms with E-state index in [4.69, 9.17) is 0 Å². The third-order valence-corrected chi connectivity index (χ3v) is 6.70. The molecule has 2 aliphatic rings. The van der Waals surface area contributed by atoms with E-state index >= 15 is 0 Å². The normalized spacial score (nSPS) is 16.2. The van der Waals surface area contributed by atoms with Crippen LogP contribution < -0.4 is 10.9 Å². The summed E-state index contributed by atoms with van der Waals surface area (Å²) < 4.78 is 15.8. The van der Waals surface area contributed by atoms with Crippen molar-refractivity contribution in [2.45, 2.75) is 36.9 Å². The second kappa shape index (κ2) is 7.87. The molecule has 0 unspecified atom stereocenters.